The van der Waals surface area contributed by atoms with Crippen molar-refractivity contribution >= 4 is 40.9 Å². The van der Waals surface area contributed by atoms with Crippen LogP contribution in [0.1, 0.15) is 27.9 Å². The number of rotatable bonds is 5. The van der Waals surface area contributed by atoms with Crippen molar-refractivity contribution in [1.29, 1.82) is 0 Å². The number of nitrogens with one attached hydrogen (secondary N) is 1. The summed E-state index contributed by atoms with van der Waals surface area (Å²) >= 11 is 2.70. The van der Waals surface area contributed by atoms with E-state index in [1.807, 2.05) is 0 Å². The maximum absolute atomic E-state index is 12.2. The Labute approximate surface area is 130 Å². The van der Waals surface area contributed by atoms with Gasteiger partial charge in [0.2, 0.25) is 11.8 Å². The number of thiophene rings is 1. The molecule has 1 saturated heterocycles. The summed E-state index contributed by atoms with van der Waals surface area (Å²) in [5, 5.41) is 11.6. The highest BCUT2D eigenvalue weighted by Gasteiger charge is 2.33. The zero-order valence-corrected chi connectivity index (χ0v) is 13.1. The first-order valence-electron chi connectivity index (χ1n) is 6.49. The Bertz CT molecular complexity index is 558. The number of amides is 2. The zero-order valence-electron chi connectivity index (χ0n) is 11.5. The van der Waals surface area contributed by atoms with Crippen LogP contribution in [0.25, 0.3) is 0 Å². The molecule has 0 aromatic carbocycles. The van der Waals surface area contributed by atoms with Gasteiger partial charge in [0, 0.05) is 17.1 Å². The molecule has 0 saturated carbocycles. The van der Waals surface area contributed by atoms with Gasteiger partial charge < -0.3 is 15.3 Å². The van der Waals surface area contributed by atoms with Gasteiger partial charge >= 0.3 is 5.97 Å². The predicted molar refractivity (Wildman–Crippen MR) is 81.4 cm³/mol. The van der Waals surface area contributed by atoms with E-state index in [1.54, 1.807) is 29.7 Å². The molecule has 0 spiro atoms. The number of carbonyl (C=O) groups excluding carboxylic acids is 2. The van der Waals surface area contributed by atoms with Crippen LogP contribution in [0.2, 0.25) is 0 Å². The molecule has 114 valence electrons. The molecule has 1 atom stereocenters. The molecule has 1 aromatic heterocycles. The summed E-state index contributed by atoms with van der Waals surface area (Å²) in [7, 11) is 0. The normalized spacial score (nSPS) is 17.8. The zero-order chi connectivity index (χ0) is 15.4. The van der Waals surface area contributed by atoms with Gasteiger partial charge in [0.25, 0.3) is 0 Å². The molecule has 2 rings (SSSR count). The molecule has 1 aliphatic heterocycles. The summed E-state index contributed by atoms with van der Waals surface area (Å²) in [4.78, 5) is 37.3. The highest BCUT2D eigenvalue weighted by atomic mass is 32.2. The van der Waals surface area contributed by atoms with Crippen LogP contribution in [0.3, 0.4) is 0 Å². The van der Waals surface area contributed by atoms with E-state index in [4.69, 9.17) is 5.11 Å². The maximum atomic E-state index is 12.2. The molecular weight excluding hydrogens is 312 g/mol. The summed E-state index contributed by atoms with van der Waals surface area (Å²) in [6.45, 7) is 2.06. The summed E-state index contributed by atoms with van der Waals surface area (Å²) in [5.41, 5.74) is 0. The van der Waals surface area contributed by atoms with Crippen LogP contribution in [0, 0.1) is 0 Å². The number of hydrogen-bond acceptors (Lipinski definition) is 5. The lowest BCUT2D eigenvalue weighted by Gasteiger charge is -2.22. The van der Waals surface area contributed by atoms with Crippen LogP contribution in [-0.4, -0.2) is 45.5 Å². The van der Waals surface area contributed by atoms with Gasteiger partial charge in [-0.15, -0.1) is 23.1 Å². The third-order valence-electron chi connectivity index (χ3n) is 3.12. The van der Waals surface area contributed by atoms with Gasteiger partial charge in [-0.3, -0.25) is 9.59 Å². The molecular formula is C13H16N2O4S2. The van der Waals surface area contributed by atoms with Gasteiger partial charge in [0.1, 0.15) is 10.9 Å². The average Bonchev–Trinajstić information content (AvgIpc) is 3.12. The van der Waals surface area contributed by atoms with E-state index >= 15 is 0 Å². The van der Waals surface area contributed by atoms with Gasteiger partial charge in [-0.25, -0.2) is 4.79 Å². The molecule has 2 N–H and O–H groups in total. The molecule has 2 amide bonds. The van der Waals surface area contributed by atoms with Crippen molar-refractivity contribution in [2.45, 2.75) is 25.9 Å². The van der Waals surface area contributed by atoms with Gasteiger partial charge in [-0.1, -0.05) is 6.92 Å². The standard InChI is InChI=1S/C13H16N2O4S2/c1-2-11(16)15-7-20-6-9(15)12(17)14-5-8-3-4-10(21-8)13(18)19/h3-4,9H,2,5-7H2,1H3,(H,14,17)(H,18,19). The van der Waals surface area contributed by atoms with Crippen molar-refractivity contribution in [2.24, 2.45) is 0 Å². The van der Waals surface area contributed by atoms with Gasteiger partial charge in [-0.05, 0) is 12.1 Å². The fourth-order valence-corrected chi connectivity index (χ4v) is 3.96. The molecule has 2 heterocycles. The van der Waals surface area contributed by atoms with Crippen LogP contribution >= 0.6 is 23.1 Å². The summed E-state index contributed by atoms with van der Waals surface area (Å²) in [5.74, 6) is -0.0315. The molecule has 8 heteroatoms. The maximum Gasteiger partial charge on any atom is 0.345 e. The molecule has 1 aliphatic rings. The van der Waals surface area contributed by atoms with Gasteiger partial charge in [0.15, 0.2) is 0 Å². The smallest absolute Gasteiger partial charge is 0.345 e. The molecule has 1 unspecified atom stereocenters. The summed E-state index contributed by atoms with van der Waals surface area (Å²) in [6.07, 6.45) is 0.386. The fraction of sp³-hybridized carbons (Fsp3) is 0.462. The molecule has 0 radical (unpaired) electrons. The van der Waals surface area contributed by atoms with E-state index in [2.05, 4.69) is 5.32 Å². The number of carbonyl (C=O) groups is 3. The van der Waals surface area contributed by atoms with E-state index in [-0.39, 0.29) is 23.2 Å². The lowest BCUT2D eigenvalue weighted by atomic mass is 10.2. The lowest BCUT2D eigenvalue weighted by molar-refractivity contribution is -0.137. The van der Waals surface area contributed by atoms with Crippen molar-refractivity contribution < 1.29 is 19.5 Å². The summed E-state index contributed by atoms with van der Waals surface area (Å²) in [6, 6.07) is 2.78. The topological polar surface area (TPSA) is 86.7 Å². The molecule has 21 heavy (non-hydrogen) atoms. The quantitative estimate of drug-likeness (QED) is 0.852. The number of carboxylic acid groups (broad SMARTS) is 1. The SMILES string of the molecule is CCC(=O)N1CSCC1C(=O)NCc1ccc(C(=O)O)s1. The Kier molecular flexibility index (Phi) is 5.24. The number of hydrogen-bond donors (Lipinski definition) is 2. The van der Waals surface area contributed by atoms with E-state index in [0.717, 1.165) is 16.2 Å². The van der Waals surface area contributed by atoms with E-state index in [0.29, 0.717) is 18.1 Å². The molecule has 6 nitrogen and oxygen atoms in total. The number of carboxylic acids is 1. The first-order valence-corrected chi connectivity index (χ1v) is 8.47. The average molecular weight is 328 g/mol. The minimum absolute atomic E-state index is 0.0237. The molecule has 1 aromatic rings. The summed E-state index contributed by atoms with van der Waals surface area (Å²) < 4.78 is 0. The second kappa shape index (κ2) is 6.95. The fourth-order valence-electron chi connectivity index (χ4n) is 1.99. The Morgan fingerprint density at radius 1 is 1.43 bits per heavy atom. The largest absolute Gasteiger partial charge is 0.477 e. The second-order valence-electron chi connectivity index (χ2n) is 4.52. The van der Waals surface area contributed by atoms with Crippen molar-refractivity contribution in [1.82, 2.24) is 10.2 Å². The Balaban J connectivity index is 1.91. The van der Waals surface area contributed by atoms with Gasteiger partial charge in [0.05, 0.1) is 12.4 Å². The highest BCUT2D eigenvalue weighted by Crippen LogP contribution is 2.22. The minimum atomic E-state index is -0.968. The highest BCUT2D eigenvalue weighted by molar-refractivity contribution is 7.99. The van der Waals surface area contributed by atoms with Crippen LogP contribution in [0.15, 0.2) is 12.1 Å². The number of thioether (sulfide) groups is 1. The van der Waals surface area contributed by atoms with Crippen LogP contribution in [0.5, 0.6) is 0 Å². The van der Waals surface area contributed by atoms with E-state index < -0.39 is 12.0 Å². The van der Waals surface area contributed by atoms with Crippen LogP contribution < -0.4 is 5.32 Å². The Morgan fingerprint density at radius 2 is 2.19 bits per heavy atom. The van der Waals surface area contributed by atoms with Crippen molar-refractivity contribution in [2.75, 3.05) is 11.6 Å². The van der Waals surface area contributed by atoms with Crippen molar-refractivity contribution in [3.63, 3.8) is 0 Å². The van der Waals surface area contributed by atoms with Crippen molar-refractivity contribution in [3.05, 3.63) is 21.9 Å². The first-order chi connectivity index (χ1) is 10.0. The Hall–Kier alpha value is -1.54. The lowest BCUT2D eigenvalue weighted by Crippen LogP contribution is -2.46. The third-order valence-corrected chi connectivity index (χ3v) is 5.20. The third kappa shape index (κ3) is 3.76. The predicted octanol–water partition coefficient (Wildman–Crippen LogP) is 1.37. The minimum Gasteiger partial charge on any atom is -0.477 e. The molecule has 0 bridgehead atoms. The van der Waals surface area contributed by atoms with Crippen molar-refractivity contribution in [3.8, 4) is 0 Å². The van der Waals surface area contributed by atoms with E-state index in [1.165, 1.54) is 6.07 Å². The first kappa shape index (κ1) is 15.8. The molecule has 0 aliphatic carbocycles. The monoisotopic (exact) mass is 328 g/mol. The second-order valence-corrected chi connectivity index (χ2v) is 6.69. The van der Waals surface area contributed by atoms with Gasteiger partial charge in [-0.2, -0.15) is 0 Å². The number of nitrogens with zero attached hydrogens (tertiary/aromatic N) is 1. The van der Waals surface area contributed by atoms with Crippen LogP contribution in [0.4, 0.5) is 0 Å². The number of aromatic carboxylic acids is 1. The van der Waals surface area contributed by atoms with E-state index in [9.17, 15) is 14.4 Å². The Morgan fingerprint density at radius 3 is 2.81 bits per heavy atom. The molecule has 1 fully saturated rings. The van der Waals surface area contributed by atoms with Crippen LogP contribution in [-0.2, 0) is 16.1 Å².